The summed E-state index contributed by atoms with van der Waals surface area (Å²) in [5.74, 6) is -0.832. The van der Waals surface area contributed by atoms with Crippen molar-refractivity contribution in [2.75, 3.05) is 17.1 Å². The largest absolute Gasteiger partial charge is 0.352 e. The number of nitrogens with one attached hydrogen (secondary N) is 1. The van der Waals surface area contributed by atoms with Crippen molar-refractivity contribution in [1.29, 1.82) is 0 Å². The van der Waals surface area contributed by atoms with Gasteiger partial charge in [0, 0.05) is 17.6 Å². The summed E-state index contributed by atoms with van der Waals surface area (Å²) in [7, 11) is -3.83. The van der Waals surface area contributed by atoms with Crippen molar-refractivity contribution in [1.82, 2.24) is 10.2 Å². The number of nitrogens with zero attached hydrogens (tertiary/aromatic N) is 2. The van der Waals surface area contributed by atoms with Gasteiger partial charge in [0.05, 0.1) is 22.0 Å². The number of hydrogen-bond donors (Lipinski definition) is 1. The first-order valence-electron chi connectivity index (χ1n) is 11.7. The van der Waals surface area contributed by atoms with Crippen LogP contribution in [0.5, 0.6) is 0 Å². The van der Waals surface area contributed by atoms with Crippen LogP contribution < -0.4 is 9.62 Å². The second kappa shape index (κ2) is 12.5. The topological polar surface area (TPSA) is 86.8 Å². The van der Waals surface area contributed by atoms with Gasteiger partial charge in [-0.05, 0) is 55.7 Å². The van der Waals surface area contributed by atoms with E-state index in [1.807, 2.05) is 0 Å². The fourth-order valence-corrected chi connectivity index (χ4v) is 5.58. The van der Waals surface area contributed by atoms with Crippen LogP contribution in [-0.4, -0.2) is 50.0 Å². The predicted octanol–water partition coefficient (Wildman–Crippen LogP) is 5.28. The van der Waals surface area contributed by atoms with Gasteiger partial charge in [-0.1, -0.05) is 66.2 Å². The second-order valence-corrected chi connectivity index (χ2v) is 12.2. The van der Waals surface area contributed by atoms with Crippen molar-refractivity contribution in [3.63, 3.8) is 0 Å². The molecule has 2 amide bonds. The van der Waals surface area contributed by atoms with E-state index in [2.05, 4.69) is 5.32 Å². The molecule has 0 spiro atoms. The molecule has 0 saturated heterocycles. The fraction of sp³-hybridized carbons (Fsp3) is 0.440. The lowest BCUT2D eigenvalue weighted by molar-refractivity contribution is -0.139. The summed E-state index contributed by atoms with van der Waals surface area (Å²) in [4.78, 5) is 28.1. The van der Waals surface area contributed by atoms with Gasteiger partial charge in [0.1, 0.15) is 12.6 Å². The SMILES string of the molecule is C[C@H](C(=O)NC1CCCCC1)N(Cc1ccc(Cl)c(Cl)c1)C(=O)CN(c1cccc(Cl)c1)S(C)(=O)=O. The van der Waals surface area contributed by atoms with E-state index in [0.717, 1.165) is 42.7 Å². The average molecular weight is 575 g/mol. The van der Waals surface area contributed by atoms with Gasteiger partial charge >= 0.3 is 0 Å². The van der Waals surface area contributed by atoms with Crippen molar-refractivity contribution in [2.24, 2.45) is 0 Å². The van der Waals surface area contributed by atoms with Crippen LogP contribution >= 0.6 is 34.8 Å². The molecule has 2 aromatic rings. The Morgan fingerprint density at radius 2 is 1.72 bits per heavy atom. The standard InChI is InChI=1S/C25H30Cl3N3O4S/c1-17(25(33)29-20-8-4-3-5-9-20)30(15-18-11-12-22(27)23(28)13-18)24(32)16-31(36(2,34)35)21-10-6-7-19(26)14-21/h6-7,10-14,17,20H,3-5,8-9,15-16H2,1-2H3,(H,29,33)/t17-/m1/s1. The number of amides is 2. The molecule has 1 fully saturated rings. The number of hydrogen-bond acceptors (Lipinski definition) is 4. The van der Waals surface area contributed by atoms with Crippen LogP contribution in [0.25, 0.3) is 0 Å². The second-order valence-electron chi connectivity index (χ2n) is 9.04. The lowest BCUT2D eigenvalue weighted by Crippen LogP contribution is -2.52. The van der Waals surface area contributed by atoms with E-state index in [1.165, 1.54) is 11.0 Å². The minimum absolute atomic E-state index is 0.0438. The first kappa shape index (κ1) is 28.6. The Kier molecular flexibility index (Phi) is 9.92. The minimum atomic E-state index is -3.83. The molecule has 3 rings (SSSR count). The number of anilines is 1. The van der Waals surface area contributed by atoms with E-state index in [9.17, 15) is 18.0 Å². The highest BCUT2D eigenvalue weighted by Gasteiger charge is 2.31. The van der Waals surface area contributed by atoms with Gasteiger partial charge < -0.3 is 10.2 Å². The summed E-state index contributed by atoms with van der Waals surface area (Å²) in [5.41, 5.74) is 0.913. The molecule has 0 unspecified atom stereocenters. The molecule has 1 aliphatic carbocycles. The van der Waals surface area contributed by atoms with Gasteiger partial charge in [-0.3, -0.25) is 13.9 Å². The smallest absolute Gasteiger partial charge is 0.244 e. The van der Waals surface area contributed by atoms with Gasteiger partial charge in [-0.25, -0.2) is 8.42 Å². The van der Waals surface area contributed by atoms with Crippen LogP contribution in [0.1, 0.15) is 44.6 Å². The van der Waals surface area contributed by atoms with Gasteiger partial charge in [0.25, 0.3) is 0 Å². The van der Waals surface area contributed by atoms with E-state index < -0.39 is 28.5 Å². The number of carbonyl (C=O) groups is 2. The number of benzene rings is 2. The first-order valence-corrected chi connectivity index (χ1v) is 14.7. The average Bonchev–Trinajstić information content (AvgIpc) is 2.82. The van der Waals surface area contributed by atoms with Crippen molar-refractivity contribution in [2.45, 2.75) is 57.7 Å². The zero-order chi connectivity index (χ0) is 26.5. The van der Waals surface area contributed by atoms with Gasteiger partial charge in [-0.2, -0.15) is 0 Å². The number of halogens is 3. The number of rotatable bonds is 9. The van der Waals surface area contributed by atoms with Crippen molar-refractivity contribution >= 4 is 62.3 Å². The maximum atomic E-state index is 13.6. The Labute approximate surface area is 227 Å². The summed E-state index contributed by atoms with van der Waals surface area (Å²) in [5, 5.41) is 4.07. The van der Waals surface area contributed by atoms with Crippen LogP contribution in [0.15, 0.2) is 42.5 Å². The maximum Gasteiger partial charge on any atom is 0.244 e. The van der Waals surface area contributed by atoms with E-state index >= 15 is 0 Å². The van der Waals surface area contributed by atoms with E-state index in [1.54, 1.807) is 43.3 Å². The van der Waals surface area contributed by atoms with E-state index in [0.29, 0.717) is 20.6 Å². The Morgan fingerprint density at radius 1 is 1.03 bits per heavy atom. The molecule has 196 valence electrons. The molecule has 1 N–H and O–H groups in total. The van der Waals surface area contributed by atoms with Crippen LogP contribution in [-0.2, 0) is 26.2 Å². The fourth-order valence-electron chi connectivity index (χ4n) is 4.23. The normalized spacial score (nSPS) is 15.2. The first-order chi connectivity index (χ1) is 17.0. The lowest BCUT2D eigenvalue weighted by atomic mass is 9.95. The zero-order valence-corrected chi connectivity index (χ0v) is 23.3. The summed E-state index contributed by atoms with van der Waals surface area (Å²) in [6.07, 6.45) is 6.06. The number of sulfonamides is 1. The molecule has 1 atom stereocenters. The third kappa shape index (κ3) is 7.75. The van der Waals surface area contributed by atoms with Crippen LogP contribution in [0, 0.1) is 0 Å². The summed E-state index contributed by atoms with van der Waals surface area (Å²) >= 11 is 18.3. The molecular formula is C25H30Cl3N3O4S. The molecule has 2 aromatic carbocycles. The van der Waals surface area contributed by atoms with Gasteiger partial charge in [-0.15, -0.1) is 0 Å². The highest BCUT2D eigenvalue weighted by Crippen LogP contribution is 2.25. The third-order valence-electron chi connectivity index (χ3n) is 6.23. The predicted molar refractivity (Wildman–Crippen MR) is 145 cm³/mol. The molecule has 7 nitrogen and oxygen atoms in total. The Bertz CT molecular complexity index is 1200. The summed E-state index contributed by atoms with van der Waals surface area (Å²) in [6.45, 7) is 1.18. The van der Waals surface area contributed by atoms with Gasteiger partial charge in [0.2, 0.25) is 21.8 Å². The van der Waals surface area contributed by atoms with Gasteiger partial charge in [0.15, 0.2) is 0 Å². The lowest BCUT2D eigenvalue weighted by Gasteiger charge is -2.33. The molecule has 0 radical (unpaired) electrons. The summed E-state index contributed by atoms with van der Waals surface area (Å²) < 4.78 is 26.2. The van der Waals surface area contributed by atoms with Crippen molar-refractivity contribution < 1.29 is 18.0 Å². The quantitative estimate of drug-likeness (QED) is 0.442. The summed E-state index contributed by atoms with van der Waals surface area (Å²) in [6, 6.07) is 10.4. The third-order valence-corrected chi connectivity index (χ3v) is 8.35. The molecular weight excluding hydrogens is 545 g/mol. The van der Waals surface area contributed by atoms with E-state index in [-0.39, 0.29) is 24.2 Å². The Balaban J connectivity index is 1.89. The molecule has 0 aromatic heterocycles. The molecule has 0 aliphatic heterocycles. The van der Waals surface area contributed by atoms with Crippen LogP contribution in [0.3, 0.4) is 0 Å². The molecule has 11 heteroatoms. The van der Waals surface area contributed by atoms with Crippen molar-refractivity contribution in [3.05, 3.63) is 63.1 Å². The number of carbonyl (C=O) groups excluding carboxylic acids is 2. The van der Waals surface area contributed by atoms with Crippen molar-refractivity contribution in [3.8, 4) is 0 Å². The van der Waals surface area contributed by atoms with Crippen LogP contribution in [0.4, 0.5) is 5.69 Å². The monoisotopic (exact) mass is 573 g/mol. The Hall–Kier alpha value is -2.00. The van der Waals surface area contributed by atoms with E-state index in [4.69, 9.17) is 34.8 Å². The molecule has 36 heavy (non-hydrogen) atoms. The molecule has 1 saturated carbocycles. The molecule has 0 heterocycles. The van der Waals surface area contributed by atoms with Crippen LogP contribution in [0.2, 0.25) is 15.1 Å². The minimum Gasteiger partial charge on any atom is -0.352 e. The highest BCUT2D eigenvalue weighted by molar-refractivity contribution is 7.92. The maximum absolute atomic E-state index is 13.6. The highest BCUT2D eigenvalue weighted by atomic mass is 35.5. The zero-order valence-electron chi connectivity index (χ0n) is 20.2. The Morgan fingerprint density at radius 3 is 2.33 bits per heavy atom. The molecule has 1 aliphatic rings. The molecule has 0 bridgehead atoms.